The van der Waals surface area contributed by atoms with Crippen molar-refractivity contribution in [1.29, 1.82) is 0 Å². The van der Waals surface area contributed by atoms with Gasteiger partial charge in [-0.05, 0) is 38.1 Å². The first-order valence-electron chi connectivity index (χ1n) is 6.09. The average molecular weight is 282 g/mol. The SMILES string of the molecule is CC1(c2nc(-c3ccc(F)cc3Cl)no2)CCNC1. The van der Waals surface area contributed by atoms with Crippen LogP contribution in [-0.4, -0.2) is 23.2 Å². The monoisotopic (exact) mass is 281 g/mol. The Labute approximate surface area is 115 Å². The maximum Gasteiger partial charge on any atom is 0.234 e. The highest BCUT2D eigenvalue weighted by molar-refractivity contribution is 6.33. The molecule has 1 aliphatic heterocycles. The first kappa shape index (κ1) is 12.6. The number of halogens is 2. The van der Waals surface area contributed by atoms with E-state index in [-0.39, 0.29) is 16.3 Å². The second kappa shape index (κ2) is 4.58. The third-order valence-corrected chi connectivity index (χ3v) is 3.80. The molecule has 1 aromatic heterocycles. The van der Waals surface area contributed by atoms with Crippen molar-refractivity contribution in [2.75, 3.05) is 13.1 Å². The molecule has 0 bridgehead atoms. The van der Waals surface area contributed by atoms with Crippen LogP contribution < -0.4 is 5.32 Å². The minimum absolute atomic E-state index is 0.141. The molecule has 1 atom stereocenters. The van der Waals surface area contributed by atoms with Crippen molar-refractivity contribution in [3.63, 3.8) is 0 Å². The van der Waals surface area contributed by atoms with E-state index in [0.717, 1.165) is 19.5 Å². The minimum atomic E-state index is -0.385. The van der Waals surface area contributed by atoms with Gasteiger partial charge in [-0.1, -0.05) is 16.8 Å². The van der Waals surface area contributed by atoms with Gasteiger partial charge in [0, 0.05) is 12.1 Å². The van der Waals surface area contributed by atoms with Gasteiger partial charge in [-0.2, -0.15) is 4.98 Å². The van der Waals surface area contributed by atoms with Crippen molar-refractivity contribution in [2.45, 2.75) is 18.8 Å². The maximum atomic E-state index is 13.0. The van der Waals surface area contributed by atoms with E-state index in [2.05, 4.69) is 22.4 Å². The molecule has 0 aliphatic carbocycles. The summed E-state index contributed by atoms with van der Waals surface area (Å²) in [6.45, 7) is 3.83. The number of rotatable bonds is 2. The van der Waals surface area contributed by atoms with E-state index in [1.54, 1.807) is 6.07 Å². The van der Waals surface area contributed by atoms with E-state index in [4.69, 9.17) is 16.1 Å². The fraction of sp³-hybridized carbons (Fsp3) is 0.385. The van der Waals surface area contributed by atoms with Crippen LogP contribution in [0.2, 0.25) is 5.02 Å². The van der Waals surface area contributed by atoms with Crippen LogP contribution in [0.15, 0.2) is 22.7 Å². The molecule has 2 heterocycles. The lowest BCUT2D eigenvalue weighted by Gasteiger charge is -2.15. The van der Waals surface area contributed by atoms with E-state index in [1.165, 1.54) is 12.1 Å². The molecule has 1 fully saturated rings. The number of benzene rings is 1. The van der Waals surface area contributed by atoms with Crippen molar-refractivity contribution in [1.82, 2.24) is 15.5 Å². The molecule has 0 amide bonds. The number of hydrogen-bond acceptors (Lipinski definition) is 4. The van der Waals surface area contributed by atoms with E-state index in [9.17, 15) is 4.39 Å². The second-order valence-corrected chi connectivity index (χ2v) is 5.44. The van der Waals surface area contributed by atoms with Crippen LogP contribution >= 0.6 is 11.6 Å². The van der Waals surface area contributed by atoms with Gasteiger partial charge in [-0.15, -0.1) is 0 Å². The molecular weight excluding hydrogens is 269 g/mol. The fourth-order valence-electron chi connectivity index (χ4n) is 2.25. The van der Waals surface area contributed by atoms with Crippen molar-refractivity contribution in [3.8, 4) is 11.4 Å². The molecule has 0 saturated carbocycles. The summed E-state index contributed by atoms with van der Waals surface area (Å²) in [4.78, 5) is 4.40. The molecule has 6 heteroatoms. The Morgan fingerprint density at radius 1 is 1.47 bits per heavy atom. The number of nitrogens with one attached hydrogen (secondary N) is 1. The molecule has 1 aliphatic rings. The van der Waals surface area contributed by atoms with Crippen molar-refractivity contribution >= 4 is 11.6 Å². The normalized spacial score (nSPS) is 22.9. The van der Waals surface area contributed by atoms with Crippen LogP contribution in [0.25, 0.3) is 11.4 Å². The molecule has 1 unspecified atom stereocenters. The summed E-state index contributed by atoms with van der Waals surface area (Å²) in [7, 11) is 0. The van der Waals surface area contributed by atoms with Crippen molar-refractivity contribution < 1.29 is 8.91 Å². The van der Waals surface area contributed by atoms with Crippen molar-refractivity contribution in [3.05, 3.63) is 34.9 Å². The Balaban J connectivity index is 1.97. The zero-order valence-corrected chi connectivity index (χ0v) is 11.2. The van der Waals surface area contributed by atoms with Gasteiger partial charge in [0.05, 0.1) is 10.4 Å². The van der Waals surface area contributed by atoms with Gasteiger partial charge in [-0.3, -0.25) is 0 Å². The van der Waals surface area contributed by atoms with Crippen LogP contribution in [0.3, 0.4) is 0 Å². The van der Waals surface area contributed by atoms with Crippen molar-refractivity contribution in [2.24, 2.45) is 0 Å². The first-order valence-corrected chi connectivity index (χ1v) is 6.47. The summed E-state index contributed by atoms with van der Waals surface area (Å²) < 4.78 is 18.4. The van der Waals surface area contributed by atoms with Gasteiger partial charge < -0.3 is 9.84 Å². The average Bonchev–Trinajstić information content (AvgIpc) is 2.99. The third-order valence-electron chi connectivity index (χ3n) is 3.48. The summed E-state index contributed by atoms with van der Waals surface area (Å²) in [5.74, 6) is 0.602. The highest BCUT2D eigenvalue weighted by atomic mass is 35.5. The molecule has 1 saturated heterocycles. The quantitative estimate of drug-likeness (QED) is 0.920. The Bertz CT molecular complexity index is 608. The van der Waals surface area contributed by atoms with Gasteiger partial charge in [0.2, 0.25) is 11.7 Å². The van der Waals surface area contributed by atoms with E-state index >= 15 is 0 Å². The van der Waals surface area contributed by atoms with Gasteiger partial charge in [-0.25, -0.2) is 4.39 Å². The summed E-state index contributed by atoms with van der Waals surface area (Å²) >= 11 is 5.99. The topological polar surface area (TPSA) is 51.0 Å². The smallest absolute Gasteiger partial charge is 0.234 e. The summed E-state index contributed by atoms with van der Waals surface area (Å²) in [6.07, 6.45) is 0.950. The van der Waals surface area contributed by atoms with Crippen LogP contribution in [0.1, 0.15) is 19.2 Å². The Hall–Kier alpha value is -1.46. The van der Waals surface area contributed by atoms with Crippen LogP contribution in [-0.2, 0) is 5.41 Å². The Morgan fingerprint density at radius 2 is 2.32 bits per heavy atom. The Morgan fingerprint density at radius 3 is 3.00 bits per heavy atom. The molecule has 4 nitrogen and oxygen atoms in total. The number of hydrogen-bond donors (Lipinski definition) is 1. The molecule has 1 N–H and O–H groups in total. The number of aromatic nitrogens is 2. The molecule has 100 valence electrons. The highest BCUT2D eigenvalue weighted by Crippen LogP contribution is 2.32. The Kier molecular flexibility index (Phi) is 3.03. The second-order valence-electron chi connectivity index (χ2n) is 5.03. The first-order chi connectivity index (χ1) is 9.08. The van der Waals surface area contributed by atoms with Gasteiger partial charge in [0.1, 0.15) is 5.82 Å². The lowest BCUT2D eigenvalue weighted by Crippen LogP contribution is -2.25. The molecule has 1 aromatic carbocycles. The van der Waals surface area contributed by atoms with E-state index in [1.807, 2.05) is 0 Å². The molecule has 0 radical (unpaired) electrons. The minimum Gasteiger partial charge on any atom is -0.338 e. The zero-order valence-electron chi connectivity index (χ0n) is 10.4. The summed E-state index contributed by atoms with van der Waals surface area (Å²) in [6, 6.07) is 4.13. The lowest BCUT2D eigenvalue weighted by molar-refractivity contribution is 0.306. The predicted octanol–water partition coefficient (Wildman–Crippen LogP) is 2.78. The van der Waals surface area contributed by atoms with Gasteiger partial charge in [0.25, 0.3) is 0 Å². The lowest BCUT2D eigenvalue weighted by atomic mass is 9.90. The van der Waals surface area contributed by atoms with E-state index in [0.29, 0.717) is 17.3 Å². The molecule has 0 spiro atoms. The van der Waals surface area contributed by atoms with Crippen LogP contribution in [0, 0.1) is 5.82 Å². The molecule has 3 rings (SSSR count). The zero-order chi connectivity index (χ0) is 13.5. The molecule has 2 aromatic rings. The predicted molar refractivity (Wildman–Crippen MR) is 69.5 cm³/mol. The summed E-state index contributed by atoms with van der Waals surface area (Å²) in [5, 5.41) is 7.50. The fourth-order valence-corrected chi connectivity index (χ4v) is 2.50. The van der Waals surface area contributed by atoms with Crippen LogP contribution in [0.4, 0.5) is 4.39 Å². The maximum absolute atomic E-state index is 13.0. The molecule has 19 heavy (non-hydrogen) atoms. The molecular formula is C13H13ClFN3O. The largest absolute Gasteiger partial charge is 0.338 e. The highest BCUT2D eigenvalue weighted by Gasteiger charge is 2.36. The number of nitrogens with zero attached hydrogens (tertiary/aromatic N) is 2. The van der Waals surface area contributed by atoms with Gasteiger partial charge >= 0.3 is 0 Å². The van der Waals surface area contributed by atoms with Crippen LogP contribution in [0.5, 0.6) is 0 Å². The van der Waals surface area contributed by atoms with E-state index < -0.39 is 0 Å². The third kappa shape index (κ3) is 2.24. The van der Waals surface area contributed by atoms with Gasteiger partial charge in [0.15, 0.2) is 0 Å². The summed E-state index contributed by atoms with van der Waals surface area (Å²) in [5.41, 5.74) is 0.435. The standard InChI is InChI=1S/C13H13ClFN3O/c1-13(4-5-16-7-13)12-17-11(18-19-12)9-3-2-8(15)6-10(9)14/h2-3,6,16H,4-5,7H2,1H3.